The van der Waals surface area contributed by atoms with Crippen LogP contribution in [0.25, 0.3) is 21.7 Å². The van der Waals surface area contributed by atoms with E-state index in [1.165, 1.54) is 11.3 Å². The van der Waals surface area contributed by atoms with Crippen LogP contribution in [0.4, 0.5) is 4.79 Å². The standard InChI is InChI=1S/C34H41N7O7S/c1-20-16-25(40(2)38-20)29-35-24-14-15-49-28(24)31(36-29)46-23-17-26-30(43)37-34(32(44)48-39-33(45)47-22-11-9-12-22)18-21(34)10-7-5-3-4-6-8-13-27(42)41(26)19-23/h7,10,14-16,21-23,26H,3-6,8-9,11-13,17-19H2,1-2H3,(H,37,43)(H,39,45). The number of hydrogen-bond donors (Lipinski definition) is 2. The second-order valence-corrected chi connectivity index (χ2v) is 14.3. The van der Waals surface area contributed by atoms with Crippen LogP contribution in [0.2, 0.25) is 0 Å². The van der Waals surface area contributed by atoms with Crippen LogP contribution in [-0.4, -0.2) is 78.9 Å². The molecule has 49 heavy (non-hydrogen) atoms. The number of aromatic nitrogens is 4. The lowest BCUT2D eigenvalue weighted by molar-refractivity contribution is -0.156. The molecule has 14 nitrogen and oxygen atoms in total. The lowest BCUT2D eigenvalue weighted by Crippen LogP contribution is -2.54. The number of carbonyl (C=O) groups is 4. The van der Waals surface area contributed by atoms with Gasteiger partial charge in [-0.1, -0.05) is 25.0 Å². The first-order chi connectivity index (χ1) is 23.7. The zero-order valence-corrected chi connectivity index (χ0v) is 28.5. The van der Waals surface area contributed by atoms with Gasteiger partial charge in [-0.05, 0) is 69.4 Å². The van der Waals surface area contributed by atoms with Gasteiger partial charge >= 0.3 is 12.1 Å². The van der Waals surface area contributed by atoms with Crippen LogP contribution in [0.1, 0.15) is 76.3 Å². The van der Waals surface area contributed by atoms with Crippen molar-refractivity contribution in [3.8, 4) is 17.4 Å². The summed E-state index contributed by atoms with van der Waals surface area (Å²) in [5.74, 6) is -0.884. The first kappa shape index (κ1) is 33.0. The van der Waals surface area contributed by atoms with Gasteiger partial charge in [-0.25, -0.2) is 14.6 Å². The molecule has 2 N–H and O–H groups in total. The van der Waals surface area contributed by atoms with E-state index in [0.717, 1.165) is 73.0 Å². The molecule has 0 aromatic carbocycles. The number of amides is 3. The average molecular weight is 692 g/mol. The average Bonchev–Trinajstić information content (AvgIpc) is 3.39. The molecule has 1 saturated heterocycles. The molecule has 3 aromatic heterocycles. The van der Waals surface area contributed by atoms with E-state index in [2.05, 4.69) is 15.9 Å². The first-order valence-corrected chi connectivity index (χ1v) is 18.0. The molecule has 15 heteroatoms. The molecule has 5 heterocycles. The maximum atomic E-state index is 14.1. The highest BCUT2D eigenvalue weighted by molar-refractivity contribution is 7.17. The van der Waals surface area contributed by atoms with Crippen molar-refractivity contribution in [1.82, 2.24) is 35.4 Å². The third-order valence-corrected chi connectivity index (χ3v) is 10.7. The number of ether oxygens (including phenoxy) is 2. The number of carbonyl (C=O) groups excluding carboxylic acids is 4. The highest BCUT2D eigenvalue weighted by atomic mass is 32.1. The number of hydroxylamine groups is 1. The van der Waals surface area contributed by atoms with Crippen molar-refractivity contribution in [3.63, 3.8) is 0 Å². The van der Waals surface area contributed by atoms with E-state index in [1.807, 2.05) is 43.6 Å². The molecule has 0 radical (unpaired) electrons. The Balaban J connectivity index is 1.11. The lowest BCUT2D eigenvalue weighted by atomic mass is 9.96. The lowest BCUT2D eigenvalue weighted by Gasteiger charge is -2.26. The number of allylic oxidation sites excluding steroid dienone is 1. The molecule has 3 amide bonds. The van der Waals surface area contributed by atoms with Crippen molar-refractivity contribution >= 4 is 45.4 Å². The number of thiophene rings is 1. The van der Waals surface area contributed by atoms with E-state index in [-0.39, 0.29) is 30.9 Å². The van der Waals surface area contributed by atoms with Crippen LogP contribution in [0.5, 0.6) is 5.88 Å². The van der Waals surface area contributed by atoms with Crippen molar-refractivity contribution in [2.75, 3.05) is 6.54 Å². The maximum Gasteiger partial charge on any atom is 0.440 e. The summed E-state index contributed by atoms with van der Waals surface area (Å²) < 4.78 is 14.2. The summed E-state index contributed by atoms with van der Waals surface area (Å²) in [6, 6.07) is 2.92. The molecule has 2 aliphatic carbocycles. The van der Waals surface area contributed by atoms with E-state index >= 15 is 0 Å². The fourth-order valence-electron chi connectivity index (χ4n) is 6.81. The van der Waals surface area contributed by atoms with Crippen molar-refractivity contribution in [3.05, 3.63) is 35.4 Å². The second kappa shape index (κ2) is 13.8. The van der Waals surface area contributed by atoms with Crippen molar-refractivity contribution in [2.24, 2.45) is 13.0 Å². The SMILES string of the molecule is Cc1cc(-c2nc(OC3CC4C(=O)NC5(C(=O)ONC(=O)OC6CCC6)CC5C=CCCCCCCC(=O)N4C3)c3sccc3n2)n(C)n1. The van der Waals surface area contributed by atoms with Crippen molar-refractivity contribution in [2.45, 2.75) is 101 Å². The first-order valence-electron chi connectivity index (χ1n) is 17.1. The molecular weight excluding hydrogens is 650 g/mol. The van der Waals surface area contributed by atoms with Gasteiger partial charge in [-0.15, -0.1) is 16.8 Å². The Morgan fingerprint density at radius 1 is 1.10 bits per heavy atom. The van der Waals surface area contributed by atoms with Gasteiger partial charge in [-0.3, -0.25) is 14.3 Å². The Morgan fingerprint density at radius 2 is 1.94 bits per heavy atom. The molecule has 0 spiro atoms. The van der Waals surface area contributed by atoms with Gasteiger partial charge in [0.25, 0.3) is 0 Å². The molecule has 4 aliphatic rings. The normalized spacial score (nSPS) is 26.1. The molecule has 3 fully saturated rings. The van der Waals surface area contributed by atoms with Gasteiger partial charge < -0.3 is 24.5 Å². The number of aryl methyl sites for hydroxylation is 2. The number of nitrogens with one attached hydrogen (secondary N) is 2. The summed E-state index contributed by atoms with van der Waals surface area (Å²) in [4.78, 5) is 69.6. The molecule has 0 bridgehead atoms. The maximum absolute atomic E-state index is 14.1. The van der Waals surface area contributed by atoms with Crippen molar-refractivity contribution < 1.29 is 33.5 Å². The Kier molecular flexibility index (Phi) is 9.27. The third-order valence-electron chi connectivity index (χ3n) is 9.83. The monoisotopic (exact) mass is 691 g/mol. The predicted octanol–water partition coefficient (Wildman–Crippen LogP) is 4.27. The second-order valence-electron chi connectivity index (χ2n) is 13.4. The largest absolute Gasteiger partial charge is 0.471 e. The van der Waals surface area contributed by atoms with Crippen LogP contribution in [0.15, 0.2) is 29.7 Å². The molecule has 260 valence electrons. The smallest absolute Gasteiger partial charge is 0.440 e. The van der Waals surface area contributed by atoms with Gasteiger partial charge in [0.15, 0.2) is 5.82 Å². The molecule has 3 aromatic rings. The topological polar surface area (TPSA) is 167 Å². The Hall–Kier alpha value is -4.53. The number of nitrogens with zero attached hydrogens (tertiary/aromatic N) is 5. The Bertz CT molecular complexity index is 1780. The zero-order valence-electron chi connectivity index (χ0n) is 27.7. The summed E-state index contributed by atoms with van der Waals surface area (Å²) in [5.41, 5.74) is 3.01. The number of fused-ring (bicyclic) bond motifs is 3. The highest BCUT2D eigenvalue weighted by Gasteiger charge is 2.62. The summed E-state index contributed by atoms with van der Waals surface area (Å²) in [5, 5.41) is 9.27. The van der Waals surface area contributed by atoms with Crippen LogP contribution in [0, 0.1) is 12.8 Å². The quantitative estimate of drug-likeness (QED) is 0.291. The van der Waals surface area contributed by atoms with Crippen LogP contribution < -0.4 is 15.5 Å². The van der Waals surface area contributed by atoms with Gasteiger partial charge in [0.05, 0.1) is 17.8 Å². The molecular formula is C34H41N7O7S. The summed E-state index contributed by atoms with van der Waals surface area (Å²) in [6.45, 7) is 2.08. The van der Waals surface area contributed by atoms with Crippen LogP contribution in [-0.2, 0) is 31.0 Å². The van der Waals surface area contributed by atoms with Crippen molar-refractivity contribution in [1.29, 1.82) is 0 Å². The minimum atomic E-state index is -1.38. The number of hydrogen-bond acceptors (Lipinski definition) is 11. The minimum absolute atomic E-state index is 0.140. The van der Waals surface area contributed by atoms with E-state index in [4.69, 9.17) is 24.3 Å². The molecule has 2 saturated carbocycles. The summed E-state index contributed by atoms with van der Waals surface area (Å²) in [7, 11) is 1.83. The van der Waals surface area contributed by atoms with Crippen LogP contribution >= 0.6 is 11.3 Å². The molecule has 2 aliphatic heterocycles. The minimum Gasteiger partial charge on any atom is -0.471 e. The van der Waals surface area contributed by atoms with E-state index in [1.54, 1.807) is 9.58 Å². The molecule has 4 unspecified atom stereocenters. The summed E-state index contributed by atoms with van der Waals surface area (Å²) >= 11 is 1.45. The molecule has 7 rings (SSSR count). The fourth-order valence-corrected chi connectivity index (χ4v) is 7.57. The van der Waals surface area contributed by atoms with Gasteiger partial charge in [-0.2, -0.15) is 10.1 Å². The Morgan fingerprint density at radius 3 is 2.71 bits per heavy atom. The third kappa shape index (κ3) is 6.98. The highest BCUT2D eigenvalue weighted by Crippen LogP contribution is 2.46. The van der Waals surface area contributed by atoms with Crippen LogP contribution in [0.3, 0.4) is 0 Å². The van der Waals surface area contributed by atoms with Gasteiger partial charge in [0.2, 0.25) is 17.7 Å². The number of rotatable bonds is 5. The molecule has 4 atom stereocenters. The Labute approximate surface area is 287 Å². The fraction of sp³-hybridized carbons (Fsp3) is 0.559. The summed E-state index contributed by atoms with van der Waals surface area (Å²) in [6.07, 6.45) is 10.1. The zero-order chi connectivity index (χ0) is 34.1. The van der Waals surface area contributed by atoms with Gasteiger partial charge in [0.1, 0.15) is 34.2 Å². The predicted molar refractivity (Wildman–Crippen MR) is 178 cm³/mol. The van der Waals surface area contributed by atoms with E-state index in [0.29, 0.717) is 24.5 Å². The van der Waals surface area contributed by atoms with E-state index in [9.17, 15) is 19.2 Å². The van der Waals surface area contributed by atoms with Gasteiger partial charge in [0, 0.05) is 25.8 Å². The van der Waals surface area contributed by atoms with E-state index < -0.39 is 35.7 Å².